The number of amides is 2. The number of likely N-dealkylation sites (N-methyl/N-ethyl adjacent to an activating group) is 1. The third-order valence-corrected chi connectivity index (χ3v) is 3.60. The lowest BCUT2D eigenvalue weighted by Crippen LogP contribution is -2.42. The number of anilines is 1. The first-order valence-electron chi connectivity index (χ1n) is 7.22. The van der Waals surface area contributed by atoms with Crippen LogP contribution < -0.4 is 5.32 Å². The first-order valence-corrected chi connectivity index (χ1v) is 7.22. The molecule has 0 fully saturated rings. The summed E-state index contributed by atoms with van der Waals surface area (Å²) in [5.41, 5.74) is 0.711. The zero-order chi connectivity index (χ0) is 15.6. The van der Waals surface area contributed by atoms with E-state index in [0.29, 0.717) is 6.54 Å². The summed E-state index contributed by atoms with van der Waals surface area (Å²) < 4.78 is 0. The Morgan fingerprint density at radius 2 is 2.05 bits per heavy atom. The van der Waals surface area contributed by atoms with Crippen LogP contribution in [0.1, 0.15) is 38.7 Å². The van der Waals surface area contributed by atoms with Crippen molar-refractivity contribution in [2.45, 2.75) is 38.7 Å². The molecule has 2 amide bonds. The number of carbonyl (C=O) groups is 2. The second-order valence-corrected chi connectivity index (χ2v) is 6.05. The van der Waals surface area contributed by atoms with E-state index < -0.39 is 11.5 Å². The molecule has 5 nitrogen and oxygen atoms in total. The average Bonchev–Trinajstić information content (AvgIpc) is 2.71. The fourth-order valence-corrected chi connectivity index (χ4v) is 2.63. The summed E-state index contributed by atoms with van der Waals surface area (Å²) in [4.78, 5) is 26.0. The number of hydrogen-bond acceptors (Lipinski definition) is 3. The summed E-state index contributed by atoms with van der Waals surface area (Å²) in [5.74, 6) is -0.690. The van der Waals surface area contributed by atoms with Crippen molar-refractivity contribution >= 4 is 17.5 Å². The molecule has 2 N–H and O–H groups in total. The Kier molecular flexibility index (Phi) is 4.32. The molecule has 21 heavy (non-hydrogen) atoms. The van der Waals surface area contributed by atoms with Crippen molar-refractivity contribution in [3.05, 3.63) is 29.8 Å². The van der Waals surface area contributed by atoms with E-state index in [0.717, 1.165) is 11.3 Å². The molecule has 0 saturated heterocycles. The number of aliphatic hydroxyl groups is 1. The summed E-state index contributed by atoms with van der Waals surface area (Å²) in [5, 5.41) is 12.7. The largest absolute Gasteiger partial charge is 0.389 e. The fourth-order valence-electron chi connectivity index (χ4n) is 2.63. The van der Waals surface area contributed by atoms with Gasteiger partial charge in [0.15, 0.2) is 0 Å². The number of nitrogens with zero attached hydrogens (tertiary/aromatic N) is 1. The van der Waals surface area contributed by atoms with E-state index in [9.17, 15) is 14.7 Å². The molecule has 0 aliphatic carbocycles. The van der Waals surface area contributed by atoms with Crippen LogP contribution in [0.25, 0.3) is 0 Å². The molecule has 1 unspecified atom stereocenters. The van der Waals surface area contributed by atoms with Crippen molar-refractivity contribution in [3.63, 3.8) is 0 Å². The molecule has 2 rings (SSSR count). The molecule has 0 aromatic heterocycles. The minimum absolute atomic E-state index is 0.114. The molecule has 1 aliphatic rings. The molecular weight excluding hydrogens is 268 g/mol. The van der Waals surface area contributed by atoms with Gasteiger partial charge >= 0.3 is 0 Å². The topological polar surface area (TPSA) is 69.6 Å². The highest BCUT2D eigenvalue weighted by Gasteiger charge is 2.33. The highest BCUT2D eigenvalue weighted by atomic mass is 16.3. The Hall–Kier alpha value is -1.88. The third kappa shape index (κ3) is 3.61. The van der Waals surface area contributed by atoms with Crippen LogP contribution in [0, 0.1) is 0 Å². The molecular formula is C16H22N2O3. The third-order valence-electron chi connectivity index (χ3n) is 3.60. The van der Waals surface area contributed by atoms with Crippen LogP contribution in [0.2, 0.25) is 0 Å². The number of hydrogen-bond donors (Lipinski definition) is 2. The predicted molar refractivity (Wildman–Crippen MR) is 81.0 cm³/mol. The number of para-hydroxylation sites is 1. The Labute approximate surface area is 125 Å². The van der Waals surface area contributed by atoms with Crippen LogP contribution in [-0.2, 0) is 9.59 Å². The van der Waals surface area contributed by atoms with Gasteiger partial charge in [0.1, 0.15) is 0 Å². The zero-order valence-corrected chi connectivity index (χ0v) is 12.7. The molecule has 0 spiro atoms. The van der Waals surface area contributed by atoms with Gasteiger partial charge in [0.25, 0.3) is 0 Å². The standard InChI is InChI=1S/C16H22N2O3/c1-4-18(10-16(2,3)21)14(19)9-12-11-7-5-6-8-13(11)17-15(12)20/h5-8,12,21H,4,9-10H2,1-3H3,(H,17,20). The van der Waals surface area contributed by atoms with Crippen LogP contribution in [0.5, 0.6) is 0 Å². The maximum Gasteiger partial charge on any atom is 0.232 e. The summed E-state index contributed by atoms with van der Waals surface area (Å²) in [6, 6.07) is 7.44. The highest BCUT2D eigenvalue weighted by Crippen LogP contribution is 2.34. The Bertz CT molecular complexity index is 549. The van der Waals surface area contributed by atoms with Gasteiger partial charge in [-0.25, -0.2) is 0 Å². The molecule has 114 valence electrons. The minimum Gasteiger partial charge on any atom is -0.389 e. The molecule has 1 atom stereocenters. The van der Waals surface area contributed by atoms with Gasteiger partial charge in [-0.1, -0.05) is 18.2 Å². The smallest absolute Gasteiger partial charge is 0.232 e. The SMILES string of the molecule is CCN(CC(C)(C)O)C(=O)CC1C(=O)Nc2ccccc21. The van der Waals surface area contributed by atoms with E-state index in [2.05, 4.69) is 5.32 Å². The van der Waals surface area contributed by atoms with Gasteiger partial charge in [0.2, 0.25) is 11.8 Å². The lowest BCUT2D eigenvalue weighted by Gasteiger charge is -2.28. The molecule has 0 bridgehead atoms. The Balaban J connectivity index is 2.10. The lowest BCUT2D eigenvalue weighted by atomic mass is 9.96. The van der Waals surface area contributed by atoms with Gasteiger partial charge in [0, 0.05) is 25.2 Å². The van der Waals surface area contributed by atoms with E-state index in [1.165, 1.54) is 0 Å². The van der Waals surface area contributed by atoms with Crippen LogP contribution in [0.3, 0.4) is 0 Å². The van der Waals surface area contributed by atoms with Gasteiger partial charge in [0.05, 0.1) is 11.5 Å². The maximum absolute atomic E-state index is 12.4. The van der Waals surface area contributed by atoms with Gasteiger partial charge in [-0.2, -0.15) is 0 Å². The normalized spacial score (nSPS) is 17.3. The maximum atomic E-state index is 12.4. The lowest BCUT2D eigenvalue weighted by molar-refractivity contribution is -0.135. The molecule has 1 aromatic carbocycles. The summed E-state index contributed by atoms with van der Waals surface area (Å²) in [7, 11) is 0. The molecule has 5 heteroatoms. The first-order chi connectivity index (χ1) is 9.81. The first kappa shape index (κ1) is 15.5. The van der Waals surface area contributed by atoms with Crippen molar-refractivity contribution in [1.29, 1.82) is 0 Å². The quantitative estimate of drug-likeness (QED) is 0.867. The van der Waals surface area contributed by atoms with E-state index in [1.54, 1.807) is 18.7 Å². The summed E-state index contributed by atoms with van der Waals surface area (Å²) >= 11 is 0. The molecule has 0 saturated carbocycles. The van der Waals surface area contributed by atoms with Gasteiger partial charge in [-0.3, -0.25) is 9.59 Å². The minimum atomic E-state index is -0.943. The Morgan fingerprint density at radius 1 is 1.38 bits per heavy atom. The number of benzene rings is 1. The van der Waals surface area contributed by atoms with Crippen LogP contribution in [-0.4, -0.2) is 40.5 Å². The van der Waals surface area contributed by atoms with E-state index in [1.807, 2.05) is 31.2 Å². The van der Waals surface area contributed by atoms with Crippen molar-refractivity contribution < 1.29 is 14.7 Å². The summed E-state index contributed by atoms with van der Waals surface area (Å²) in [6.45, 7) is 5.98. The van der Waals surface area contributed by atoms with Crippen LogP contribution >= 0.6 is 0 Å². The molecule has 1 aromatic rings. The molecule has 0 radical (unpaired) electrons. The van der Waals surface area contributed by atoms with Gasteiger partial charge < -0.3 is 15.3 Å². The van der Waals surface area contributed by atoms with Gasteiger partial charge in [-0.15, -0.1) is 0 Å². The summed E-state index contributed by atoms with van der Waals surface area (Å²) in [6.07, 6.45) is 0.132. The van der Waals surface area contributed by atoms with Crippen molar-refractivity contribution in [2.75, 3.05) is 18.4 Å². The zero-order valence-electron chi connectivity index (χ0n) is 12.7. The van der Waals surface area contributed by atoms with Gasteiger partial charge in [-0.05, 0) is 32.4 Å². The fraction of sp³-hybridized carbons (Fsp3) is 0.500. The molecule has 1 heterocycles. The average molecular weight is 290 g/mol. The van der Waals surface area contributed by atoms with Crippen molar-refractivity contribution in [1.82, 2.24) is 4.90 Å². The van der Waals surface area contributed by atoms with E-state index in [4.69, 9.17) is 0 Å². The highest BCUT2D eigenvalue weighted by molar-refractivity contribution is 6.04. The second-order valence-electron chi connectivity index (χ2n) is 6.05. The van der Waals surface area contributed by atoms with Crippen molar-refractivity contribution in [2.24, 2.45) is 0 Å². The number of nitrogens with one attached hydrogen (secondary N) is 1. The number of carbonyl (C=O) groups excluding carboxylic acids is 2. The van der Waals surface area contributed by atoms with Crippen LogP contribution in [0.15, 0.2) is 24.3 Å². The number of rotatable bonds is 5. The second kappa shape index (κ2) is 5.85. The van der Waals surface area contributed by atoms with Crippen molar-refractivity contribution in [3.8, 4) is 0 Å². The van der Waals surface area contributed by atoms with E-state index >= 15 is 0 Å². The monoisotopic (exact) mass is 290 g/mol. The predicted octanol–water partition coefficient (Wildman–Crippen LogP) is 1.73. The molecule has 1 aliphatic heterocycles. The van der Waals surface area contributed by atoms with Crippen LogP contribution in [0.4, 0.5) is 5.69 Å². The number of fused-ring (bicyclic) bond motifs is 1. The van der Waals surface area contributed by atoms with E-state index in [-0.39, 0.29) is 24.8 Å². The Morgan fingerprint density at radius 3 is 2.67 bits per heavy atom.